The molecule has 1 aliphatic rings. The molecule has 176 valence electrons. The molecule has 1 aliphatic heterocycles. The number of aromatic nitrogens is 3. The third-order valence-electron chi connectivity index (χ3n) is 5.89. The second-order valence-electron chi connectivity index (χ2n) is 8.51. The topological polar surface area (TPSA) is 115 Å². The third kappa shape index (κ3) is 4.61. The predicted octanol–water partition coefficient (Wildman–Crippen LogP) is 2.92. The van der Waals surface area contributed by atoms with Crippen LogP contribution >= 0.6 is 0 Å². The number of nitrogens with zero attached hydrogens (tertiary/aromatic N) is 3. The number of nitrogens with one attached hydrogen (secondary N) is 2. The number of hydrogen-bond donors (Lipinski definition) is 2. The zero-order chi connectivity index (χ0) is 24.5. The van der Waals surface area contributed by atoms with Crippen LogP contribution in [0.5, 0.6) is 5.75 Å². The molecule has 0 saturated carbocycles. The first-order chi connectivity index (χ1) is 16.9. The van der Waals surface area contributed by atoms with Gasteiger partial charge in [0.1, 0.15) is 17.1 Å². The summed E-state index contributed by atoms with van der Waals surface area (Å²) in [5.41, 5.74) is 4.42. The number of fused-ring (bicyclic) bond motifs is 2. The Kier molecular flexibility index (Phi) is 5.74. The van der Waals surface area contributed by atoms with Gasteiger partial charge in [-0.2, -0.15) is 5.10 Å². The largest absolute Gasteiger partial charge is 0.426 e. The summed E-state index contributed by atoms with van der Waals surface area (Å²) >= 11 is 0. The molecule has 3 heterocycles. The van der Waals surface area contributed by atoms with E-state index in [2.05, 4.69) is 20.7 Å². The molecule has 0 spiro atoms. The number of esters is 1. The maximum Gasteiger partial charge on any atom is 0.315 e. The summed E-state index contributed by atoms with van der Waals surface area (Å²) in [5.74, 6) is -0.538. The lowest BCUT2D eigenvalue weighted by molar-refractivity contribution is -0.131. The first-order valence-electron chi connectivity index (χ1n) is 11.2. The summed E-state index contributed by atoms with van der Waals surface area (Å²) in [5, 5.41) is 9.98. The fraction of sp³-hybridized carbons (Fsp3) is 0.192. The SMILES string of the molecule is Cc1ccc([C@H](C)NC(=O)c2cc(C(=O)NCc3ccc4c(c3)CC(=O)O4)nc3ccnn23)cc1. The molecule has 4 aromatic rings. The lowest BCUT2D eigenvalue weighted by Crippen LogP contribution is -2.30. The molecule has 9 heteroatoms. The summed E-state index contributed by atoms with van der Waals surface area (Å²) in [6, 6.07) is 16.1. The standard InChI is InChI=1S/C26H23N5O4/c1-15-3-6-18(7-4-15)16(2)29-26(34)21-13-20(30-23-9-10-28-31(21)23)25(33)27-14-17-5-8-22-19(11-17)12-24(32)35-22/h3-11,13,16H,12,14H2,1-2H3,(H,27,33)(H,29,34)/t16-/m0/s1. The van der Waals surface area contributed by atoms with Gasteiger partial charge in [0.2, 0.25) is 0 Å². The second-order valence-corrected chi connectivity index (χ2v) is 8.51. The van der Waals surface area contributed by atoms with Crippen LogP contribution in [-0.2, 0) is 17.8 Å². The number of hydrogen-bond acceptors (Lipinski definition) is 6. The summed E-state index contributed by atoms with van der Waals surface area (Å²) < 4.78 is 6.51. The Morgan fingerprint density at radius 2 is 1.89 bits per heavy atom. The van der Waals surface area contributed by atoms with Gasteiger partial charge in [-0.15, -0.1) is 0 Å². The molecule has 1 atom stereocenters. The fourth-order valence-electron chi connectivity index (χ4n) is 3.97. The summed E-state index contributed by atoms with van der Waals surface area (Å²) in [6.07, 6.45) is 1.74. The molecule has 0 aliphatic carbocycles. The van der Waals surface area contributed by atoms with Crippen molar-refractivity contribution in [2.75, 3.05) is 0 Å². The molecule has 2 aromatic heterocycles. The lowest BCUT2D eigenvalue weighted by Gasteiger charge is -2.15. The van der Waals surface area contributed by atoms with E-state index >= 15 is 0 Å². The van der Waals surface area contributed by atoms with Gasteiger partial charge in [0, 0.05) is 24.2 Å². The average molecular weight is 470 g/mol. The number of benzene rings is 2. The first kappa shape index (κ1) is 22.3. The van der Waals surface area contributed by atoms with Crippen LogP contribution in [0.4, 0.5) is 0 Å². The van der Waals surface area contributed by atoms with Gasteiger partial charge in [-0.1, -0.05) is 35.9 Å². The molecule has 2 N–H and O–H groups in total. The van der Waals surface area contributed by atoms with Crippen molar-refractivity contribution in [2.45, 2.75) is 32.9 Å². The van der Waals surface area contributed by atoms with Crippen LogP contribution in [0.3, 0.4) is 0 Å². The molecule has 0 radical (unpaired) electrons. The smallest absolute Gasteiger partial charge is 0.315 e. The maximum atomic E-state index is 13.1. The van der Waals surface area contributed by atoms with E-state index in [-0.39, 0.29) is 42.3 Å². The number of carbonyl (C=O) groups is 3. The Morgan fingerprint density at radius 3 is 2.69 bits per heavy atom. The molecule has 0 unspecified atom stereocenters. The third-order valence-corrected chi connectivity index (χ3v) is 5.89. The Labute approximate surface area is 201 Å². The average Bonchev–Trinajstić information content (AvgIpc) is 3.47. The zero-order valence-electron chi connectivity index (χ0n) is 19.2. The van der Waals surface area contributed by atoms with Crippen molar-refractivity contribution in [1.29, 1.82) is 0 Å². The van der Waals surface area contributed by atoms with Crippen LogP contribution in [0.25, 0.3) is 5.65 Å². The van der Waals surface area contributed by atoms with Gasteiger partial charge in [0.25, 0.3) is 11.8 Å². The fourth-order valence-corrected chi connectivity index (χ4v) is 3.97. The number of amides is 2. The van der Waals surface area contributed by atoms with E-state index in [1.807, 2.05) is 44.2 Å². The van der Waals surface area contributed by atoms with Gasteiger partial charge in [-0.05, 0) is 37.1 Å². The van der Waals surface area contributed by atoms with Gasteiger partial charge in [-0.25, -0.2) is 9.50 Å². The minimum Gasteiger partial charge on any atom is -0.426 e. The van der Waals surface area contributed by atoms with E-state index in [4.69, 9.17) is 4.74 Å². The van der Waals surface area contributed by atoms with Crippen LogP contribution in [0.1, 0.15) is 56.2 Å². The number of ether oxygens (including phenoxy) is 1. The Morgan fingerprint density at radius 1 is 1.09 bits per heavy atom. The van der Waals surface area contributed by atoms with Crippen molar-refractivity contribution >= 4 is 23.4 Å². The highest BCUT2D eigenvalue weighted by Crippen LogP contribution is 2.26. The van der Waals surface area contributed by atoms with Gasteiger partial charge < -0.3 is 15.4 Å². The maximum absolute atomic E-state index is 13.1. The number of carbonyl (C=O) groups excluding carboxylic acids is 3. The van der Waals surface area contributed by atoms with E-state index in [1.165, 1.54) is 16.8 Å². The minimum atomic E-state index is -0.429. The monoisotopic (exact) mass is 469 g/mol. The van der Waals surface area contributed by atoms with Crippen molar-refractivity contribution < 1.29 is 19.1 Å². The normalized spacial score (nSPS) is 13.3. The van der Waals surface area contributed by atoms with Gasteiger partial charge in [0.05, 0.1) is 18.7 Å². The minimum absolute atomic E-state index is 0.103. The van der Waals surface area contributed by atoms with Crippen LogP contribution in [0.15, 0.2) is 60.8 Å². The Bertz CT molecular complexity index is 1460. The van der Waals surface area contributed by atoms with E-state index in [9.17, 15) is 14.4 Å². The molecule has 0 saturated heterocycles. The second kappa shape index (κ2) is 9.02. The predicted molar refractivity (Wildman–Crippen MR) is 127 cm³/mol. The van der Waals surface area contributed by atoms with Crippen molar-refractivity contribution in [3.63, 3.8) is 0 Å². The summed E-state index contributed by atoms with van der Waals surface area (Å²) in [4.78, 5) is 41.8. The van der Waals surface area contributed by atoms with Crippen molar-refractivity contribution in [2.24, 2.45) is 0 Å². The quantitative estimate of drug-likeness (QED) is 0.332. The van der Waals surface area contributed by atoms with Crippen LogP contribution in [0.2, 0.25) is 0 Å². The van der Waals surface area contributed by atoms with E-state index in [0.717, 1.165) is 22.3 Å². The Balaban J connectivity index is 1.33. The van der Waals surface area contributed by atoms with Crippen LogP contribution < -0.4 is 15.4 Å². The Hall–Kier alpha value is -4.53. The van der Waals surface area contributed by atoms with E-state index in [1.54, 1.807) is 18.2 Å². The molecule has 2 aromatic carbocycles. The van der Waals surface area contributed by atoms with Crippen molar-refractivity contribution in [3.05, 3.63) is 94.4 Å². The molecular weight excluding hydrogens is 446 g/mol. The van der Waals surface area contributed by atoms with E-state index in [0.29, 0.717) is 11.4 Å². The first-order valence-corrected chi connectivity index (χ1v) is 11.2. The van der Waals surface area contributed by atoms with Crippen LogP contribution in [-0.4, -0.2) is 32.4 Å². The summed E-state index contributed by atoms with van der Waals surface area (Å²) in [6.45, 7) is 4.13. The van der Waals surface area contributed by atoms with E-state index < -0.39 is 5.91 Å². The number of rotatable bonds is 6. The summed E-state index contributed by atoms with van der Waals surface area (Å²) in [7, 11) is 0. The molecule has 5 rings (SSSR count). The molecule has 35 heavy (non-hydrogen) atoms. The van der Waals surface area contributed by atoms with Gasteiger partial charge in [-0.3, -0.25) is 14.4 Å². The molecule has 9 nitrogen and oxygen atoms in total. The molecular formula is C26H23N5O4. The highest BCUT2D eigenvalue weighted by molar-refractivity contribution is 5.98. The zero-order valence-corrected chi connectivity index (χ0v) is 19.2. The lowest BCUT2D eigenvalue weighted by atomic mass is 10.1. The highest BCUT2D eigenvalue weighted by Gasteiger charge is 2.21. The number of aryl methyl sites for hydroxylation is 1. The van der Waals surface area contributed by atoms with Gasteiger partial charge >= 0.3 is 5.97 Å². The van der Waals surface area contributed by atoms with Crippen molar-refractivity contribution in [3.8, 4) is 5.75 Å². The molecule has 2 amide bonds. The molecule has 0 bridgehead atoms. The van der Waals surface area contributed by atoms with Crippen LogP contribution in [0, 0.1) is 6.92 Å². The van der Waals surface area contributed by atoms with Crippen molar-refractivity contribution in [1.82, 2.24) is 25.2 Å². The molecule has 0 fully saturated rings. The highest BCUT2D eigenvalue weighted by atomic mass is 16.5. The van der Waals surface area contributed by atoms with Gasteiger partial charge in [0.15, 0.2) is 5.65 Å².